The fourth-order valence-corrected chi connectivity index (χ4v) is 5.38. The molecule has 2 aromatic carbocycles. The average Bonchev–Trinajstić information content (AvgIpc) is 3.57. The Labute approximate surface area is 244 Å². The van der Waals surface area contributed by atoms with Crippen molar-refractivity contribution in [1.29, 1.82) is 0 Å². The fraction of sp³-hybridized carbons (Fsp3) is 0.241. The molecule has 1 N–H and O–H groups in total. The summed E-state index contributed by atoms with van der Waals surface area (Å²) < 4.78 is 83.8. The molecule has 0 saturated carbocycles. The van der Waals surface area contributed by atoms with E-state index in [0.29, 0.717) is 11.6 Å². The number of benzene rings is 2. The predicted molar refractivity (Wildman–Crippen MR) is 145 cm³/mol. The summed E-state index contributed by atoms with van der Waals surface area (Å²) in [4.78, 5) is 23.7. The number of imidazole rings is 1. The first-order valence-electron chi connectivity index (χ1n) is 13.0. The monoisotopic (exact) mass is 616 g/mol. The Bertz CT molecular complexity index is 1840. The number of alkyl halides is 2. The number of pyridine rings is 1. The molecule has 1 aliphatic heterocycles. The largest absolute Gasteiger partial charge is 0.478 e. The van der Waals surface area contributed by atoms with Gasteiger partial charge in [0.1, 0.15) is 34.6 Å². The van der Waals surface area contributed by atoms with Crippen LogP contribution < -0.4 is 4.74 Å². The Morgan fingerprint density at radius 1 is 1.12 bits per heavy atom. The van der Waals surface area contributed by atoms with Crippen LogP contribution in [0.1, 0.15) is 44.5 Å². The lowest BCUT2D eigenvalue weighted by Crippen LogP contribution is -2.31. The summed E-state index contributed by atoms with van der Waals surface area (Å²) in [5, 5.41) is 9.70. The summed E-state index contributed by atoms with van der Waals surface area (Å²) >= 11 is 0.796. The number of hydrogen-bond acceptors (Lipinski definition) is 7. The molecule has 1 saturated heterocycles. The lowest BCUT2D eigenvalue weighted by molar-refractivity contribution is -0.0589. The van der Waals surface area contributed by atoms with Crippen LogP contribution in [0.2, 0.25) is 0 Å². The van der Waals surface area contributed by atoms with Crippen LogP contribution in [0.25, 0.3) is 22.3 Å². The molecule has 3 aromatic heterocycles. The number of ether oxygens (including phenoxy) is 2. The SMILES string of the molecule is O=C(O)c1cc(F)c2nc(Cc3cc(F)c(-c4cccc(OCc5ncc(C(F)F)s5)n4)cc3F)n(C[C@@H]3CCO3)c2c1. The molecule has 0 radical (unpaired) electrons. The van der Waals surface area contributed by atoms with Crippen LogP contribution in [0.5, 0.6) is 5.88 Å². The van der Waals surface area contributed by atoms with Crippen molar-refractivity contribution in [1.82, 2.24) is 19.5 Å². The molecular weight excluding hydrogens is 595 g/mol. The highest BCUT2D eigenvalue weighted by Crippen LogP contribution is 2.30. The molecule has 5 aromatic rings. The number of hydrogen-bond donors (Lipinski definition) is 1. The van der Waals surface area contributed by atoms with E-state index >= 15 is 8.78 Å². The Kier molecular flexibility index (Phi) is 7.79. The van der Waals surface area contributed by atoms with Crippen molar-refractivity contribution >= 4 is 28.3 Å². The normalized spacial score (nSPS) is 14.8. The van der Waals surface area contributed by atoms with Gasteiger partial charge in [0.15, 0.2) is 5.82 Å². The van der Waals surface area contributed by atoms with E-state index in [0.717, 1.165) is 42.2 Å². The number of carboxylic acids is 1. The van der Waals surface area contributed by atoms with Gasteiger partial charge in [-0.3, -0.25) is 0 Å². The molecule has 1 fully saturated rings. The van der Waals surface area contributed by atoms with E-state index in [-0.39, 0.29) is 75.7 Å². The van der Waals surface area contributed by atoms with Gasteiger partial charge < -0.3 is 19.1 Å². The number of thiazole rings is 1. The highest BCUT2D eigenvalue weighted by Gasteiger charge is 2.25. The lowest BCUT2D eigenvalue weighted by Gasteiger charge is -2.27. The Morgan fingerprint density at radius 3 is 2.63 bits per heavy atom. The number of aromatic nitrogens is 4. The van der Waals surface area contributed by atoms with Crippen molar-refractivity contribution in [2.75, 3.05) is 6.61 Å². The van der Waals surface area contributed by atoms with Crippen molar-refractivity contribution in [3.05, 3.63) is 92.9 Å². The van der Waals surface area contributed by atoms with Gasteiger partial charge in [0.2, 0.25) is 5.88 Å². The van der Waals surface area contributed by atoms with E-state index < -0.39 is 29.8 Å². The molecule has 4 heterocycles. The van der Waals surface area contributed by atoms with Crippen molar-refractivity contribution < 1.29 is 41.3 Å². The second-order valence-electron chi connectivity index (χ2n) is 9.76. The number of aromatic carboxylic acids is 1. The highest BCUT2D eigenvalue weighted by molar-refractivity contribution is 7.11. The number of carboxylic acid groups (broad SMARTS) is 1. The first-order chi connectivity index (χ1) is 20.7. The summed E-state index contributed by atoms with van der Waals surface area (Å²) in [6.45, 7) is 0.649. The molecule has 0 spiro atoms. The van der Waals surface area contributed by atoms with Crippen LogP contribution >= 0.6 is 11.3 Å². The minimum atomic E-state index is -2.64. The molecule has 0 aliphatic carbocycles. The molecule has 1 aliphatic rings. The van der Waals surface area contributed by atoms with Gasteiger partial charge in [-0.05, 0) is 42.3 Å². The predicted octanol–water partition coefficient (Wildman–Crippen LogP) is 6.57. The van der Waals surface area contributed by atoms with Gasteiger partial charge in [0, 0.05) is 30.9 Å². The summed E-state index contributed by atoms with van der Waals surface area (Å²) in [6, 6.07) is 8.62. The lowest BCUT2D eigenvalue weighted by atomic mass is 10.0. The molecule has 6 rings (SSSR count). The first kappa shape index (κ1) is 28.7. The average molecular weight is 617 g/mol. The van der Waals surface area contributed by atoms with Crippen molar-refractivity contribution in [2.45, 2.75) is 38.5 Å². The Morgan fingerprint density at radius 2 is 1.93 bits per heavy atom. The van der Waals surface area contributed by atoms with Crippen LogP contribution in [0.4, 0.5) is 22.0 Å². The molecule has 1 atom stereocenters. The third-order valence-electron chi connectivity index (χ3n) is 6.93. The zero-order valence-corrected chi connectivity index (χ0v) is 22.9. The van der Waals surface area contributed by atoms with Crippen LogP contribution in [0, 0.1) is 17.5 Å². The van der Waals surface area contributed by atoms with E-state index in [9.17, 15) is 23.1 Å². The first-order valence-corrected chi connectivity index (χ1v) is 13.8. The smallest absolute Gasteiger partial charge is 0.335 e. The van der Waals surface area contributed by atoms with Gasteiger partial charge in [-0.2, -0.15) is 0 Å². The van der Waals surface area contributed by atoms with Gasteiger partial charge in [0.25, 0.3) is 6.43 Å². The molecule has 0 bridgehead atoms. The number of nitrogens with zero attached hydrogens (tertiary/aromatic N) is 4. The van der Waals surface area contributed by atoms with Gasteiger partial charge in [0.05, 0.1) is 34.3 Å². The van der Waals surface area contributed by atoms with Crippen LogP contribution in [-0.2, 0) is 24.3 Å². The van der Waals surface area contributed by atoms with Crippen LogP contribution in [0.15, 0.2) is 48.7 Å². The van der Waals surface area contributed by atoms with E-state index in [1.807, 2.05) is 0 Å². The minimum absolute atomic E-state index is 0.0581. The third-order valence-corrected chi connectivity index (χ3v) is 7.91. The van der Waals surface area contributed by atoms with Crippen molar-refractivity contribution in [2.24, 2.45) is 0 Å². The molecule has 0 unspecified atom stereocenters. The second-order valence-corrected chi connectivity index (χ2v) is 10.9. The molecule has 222 valence electrons. The standard InChI is InChI=1S/C29H21F5N4O4S/c30-18-10-17(21-2-1-3-25(36-21)42-13-26-35-11-23(43-26)28(33)34)19(31)6-14(18)9-24-37-27-20(32)7-15(29(39)40)8-22(27)38(24)12-16-4-5-41-16/h1-3,6-8,10-11,16,28H,4-5,9,12-13H2,(H,39,40)/t16-/m0/s1. The molecular formula is C29H21F5N4O4S. The van der Waals surface area contributed by atoms with E-state index in [1.54, 1.807) is 4.57 Å². The molecule has 0 amide bonds. The number of halogens is 5. The van der Waals surface area contributed by atoms with E-state index in [4.69, 9.17) is 9.47 Å². The molecule has 8 nitrogen and oxygen atoms in total. The van der Waals surface area contributed by atoms with Gasteiger partial charge in [-0.15, -0.1) is 11.3 Å². The van der Waals surface area contributed by atoms with E-state index in [2.05, 4.69) is 15.0 Å². The third kappa shape index (κ3) is 5.92. The summed E-state index contributed by atoms with van der Waals surface area (Å²) in [6.07, 6.45) is -1.27. The fourth-order valence-electron chi connectivity index (χ4n) is 4.69. The Hall–Kier alpha value is -4.43. The molecule has 14 heteroatoms. The molecule has 43 heavy (non-hydrogen) atoms. The topological polar surface area (TPSA) is 99.4 Å². The van der Waals surface area contributed by atoms with Crippen molar-refractivity contribution in [3.8, 4) is 17.1 Å². The maximum Gasteiger partial charge on any atom is 0.335 e. The number of fused-ring (bicyclic) bond motifs is 1. The summed E-state index contributed by atoms with van der Waals surface area (Å²) in [5.74, 6) is -3.44. The quantitative estimate of drug-likeness (QED) is 0.177. The summed E-state index contributed by atoms with van der Waals surface area (Å²) in [5.41, 5.74) is -0.264. The number of rotatable bonds is 10. The summed E-state index contributed by atoms with van der Waals surface area (Å²) in [7, 11) is 0. The minimum Gasteiger partial charge on any atom is -0.478 e. The van der Waals surface area contributed by atoms with E-state index in [1.165, 1.54) is 24.3 Å². The second kappa shape index (κ2) is 11.7. The van der Waals surface area contributed by atoms with Gasteiger partial charge in [-0.1, -0.05) is 6.07 Å². The Balaban J connectivity index is 1.27. The number of carbonyl (C=O) groups is 1. The van der Waals surface area contributed by atoms with Crippen LogP contribution in [0.3, 0.4) is 0 Å². The maximum absolute atomic E-state index is 15.4. The zero-order chi connectivity index (χ0) is 30.2. The maximum atomic E-state index is 15.4. The highest BCUT2D eigenvalue weighted by atomic mass is 32.1. The van der Waals surface area contributed by atoms with Gasteiger partial charge >= 0.3 is 5.97 Å². The van der Waals surface area contributed by atoms with Gasteiger partial charge in [-0.25, -0.2) is 41.7 Å². The zero-order valence-electron chi connectivity index (χ0n) is 22.1. The van der Waals surface area contributed by atoms with Crippen LogP contribution in [-0.4, -0.2) is 43.3 Å². The van der Waals surface area contributed by atoms with Crippen molar-refractivity contribution in [3.63, 3.8) is 0 Å².